The Kier molecular flexibility index (Phi) is 7.92. The van der Waals surface area contributed by atoms with E-state index in [1.807, 2.05) is 31.2 Å². The molecule has 1 aromatic carbocycles. The Morgan fingerprint density at radius 3 is 2.12 bits per heavy atom. The van der Waals surface area contributed by atoms with Gasteiger partial charge in [-0.1, -0.05) is 26.0 Å². The van der Waals surface area contributed by atoms with Crippen LogP contribution in [0.1, 0.15) is 57.5 Å². The zero-order chi connectivity index (χ0) is 18.7. The molecule has 0 unspecified atom stereocenters. The summed E-state index contributed by atoms with van der Waals surface area (Å²) >= 11 is 0. The van der Waals surface area contributed by atoms with Crippen molar-refractivity contribution in [1.29, 1.82) is 0 Å². The van der Waals surface area contributed by atoms with Crippen molar-refractivity contribution in [2.24, 2.45) is 10.4 Å². The first-order valence-electron chi connectivity index (χ1n) is 9.16. The summed E-state index contributed by atoms with van der Waals surface area (Å²) in [6, 6.07) is 7.67. The summed E-state index contributed by atoms with van der Waals surface area (Å²) in [4.78, 5) is 19.0. The van der Waals surface area contributed by atoms with Gasteiger partial charge >= 0.3 is 0 Å². The number of nitrogens with one attached hydrogen (secondary N) is 2. The third-order valence-corrected chi connectivity index (χ3v) is 5.44. The van der Waals surface area contributed by atoms with Crippen molar-refractivity contribution >= 4 is 35.8 Å². The minimum atomic E-state index is -0.0320. The highest BCUT2D eigenvalue weighted by Gasteiger charge is 2.53. The van der Waals surface area contributed by atoms with Gasteiger partial charge in [0.2, 0.25) is 0 Å². The van der Waals surface area contributed by atoms with Crippen LogP contribution in [0.2, 0.25) is 0 Å². The first kappa shape index (κ1) is 22.7. The van der Waals surface area contributed by atoms with Crippen LogP contribution in [0.3, 0.4) is 0 Å². The average Bonchev–Trinajstić information content (AvgIpc) is 2.57. The number of aliphatic imine (C=N–C) groups is 1. The molecule has 1 fully saturated rings. The molecule has 0 atom stereocenters. The number of halogens is 1. The summed E-state index contributed by atoms with van der Waals surface area (Å²) in [6.45, 7) is 16.2. The molecule has 0 aromatic heterocycles. The molecule has 2 rings (SSSR count). The van der Waals surface area contributed by atoms with Crippen LogP contribution in [-0.4, -0.2) is 41.9 Å². The number of hydrogen-bond acceptors (Lipinski definition) is 2. The predicted octanol–water partition coefficient (Wildman–Crippen LogP) is 3.64. The summed E-state index contributed by atoms with van der Waals surface area (Å²) in [7, 11) is 0. The minimum absolute atomic E-state index is 0. The van der Waals surface area contributed by atoms with Crippen molar-refractivity contribution in [3.05, 3.63) is 35.4 Å². The lowest BCUT2D eigenvalue weighted by Crippen LogP contribution is -2.72. The topological polar surface area (TPSA) is 56.7 Å². The molecule has 1 heterocycles. The van der Waals surface area contributed by atoms with E-state index in [2.05, 4.69) is 50.2 Å². The van der Waals surface area contributed by atoms with E-state index in [0.717, 1.165) is 24.6 Å². The number of carbonyl (C=O) groups is 1. The molecule has 0 bridgehead atoms. The van der Waals surface area contributed by atoms with Crippen LogP contribution in [0.25, 0.3) is 0 Å². The molecule has 1 saturated heterocycles. The van der Waals surface area contributed by atoms with E-state index in [1.54, 1.807) is 0 Å². The number of likely N-dealkylation sites (tertiary alicyclic amines) is 1. The monoisotopic (exact) mass is 472 g/mol. The van der Waals surface area contributed by atoms with Gasteiger partial charge in [0.25, 0.3) is 5.91 Å². The van der Waals surface area contributed by atoms with E-state index >= 15 is 0 Å². The van der Waals surface area contributed by atoms with Gasteiger partial charge < -0.3 is 15.5 Å². The first-order valence-corrected chi connectivity index (χ1v) is 9.16. The fourth-order valence-electron chi connectivity index (χ4n) is 2.99. The van der Waals surface area contributed by atoms with Gasteiger partial charge in [-0.25, -0.2) is 4.99 Å². The molecule has 6 heteroatoms. The fraction of sp³-hybridized carbons (Fsp3) is 0.600. The molecule has 1 aliphatic heterocycles. The molecular formula is C20H33IN4O. The summed E-state index contributed by atoms with van der Waals surface area (Å²) in [6.07, 6.45) is 0. The van der Waals surface area contributed by atoms with Crippen LogP contribution in [0.4, 0.5) is 0 Å². The lowest BCUT2D eigenvalue weighted by atomic mass is 9.65. The molecule has 1 amide bonds. The standard InChI is InChI=1S/C20H32N4O.HI/c1-7-21-17(25)16-11-9-15(10-12-16)13-23-18(22-8-2)24-14-19(3,4)20(24,5)6;/h9-12H,7-8,13-14H2,1-6H3,(H,21,25)(H,22,23);1H. The van der Waals surface area contributed by atoms with Crippen molar-refractivity contribution in [1.82, 2.24) is 15.5 Å². The van der Waals surface area contributed by atoms with Gasteiger partial charge in [0.05, 0.1) is 6.54 Å². The highest BCUT2D eigenvalue weighted by molar-refractivity contribution is 14.0. The smallest absolute Gasteiger partial charge is 0.251 e. The van der Waals surface area contributed by atoms with Crippen molar-refractivity contribution < 1.29 is 4.79 Å². The highest BCUT2D eigenvalue weighted by atomic mass is 127. The highest BCUT2D eigenvalue weighted by Crippen LogP contribution is 2.46. The van der Waals surface area contributed by atoms with Crippen LogP contribution in [0.15, 0.2) is 29.3 Å². The molecule has 5 nitrogen and oxygen atoms in total. The maximum absolute atomic E-state index is 11.8. The van der Waals surface area contributed by atoms with E-state index in [4.69, 9.17) is 4.99 Å². The molecular weight excluding hydrogens is 439 g/mol. The van der Waals surface area contributed by atoms with Crippen LogP contribution in [0.5, 0.6) is 0 Å². The predicted molar refractivity (Wildman–Crippen MR) is 119 cm³/mol. The molecule has 0 spiro atoms. The van der Waals surface area contributed by atoms with Crippen LogP contribution >= 0.6 is 24.0 Å². The lowest BCUT2D eigenvalue weighted by molar-refractivity contribution is -0.0667. The SMILES string of the molecule is CCNC(=O)c1ccc(CN=C(NCC)N2CC(C)(C)C2(C)C)cc1.I. The third-order valence-electron chi connectivity index (χ3n) is 5.44. The van der Waals surface area contributed by atoms with Gasteiger partial charge in [-0.2, -0.15) is 0 Å². The number of hydrogen-bond donors (Lipinski definition) is 2. The summed E-state index contributed by atoms with van der Waals surface area (Å²) in [5.74, 6) is 0.926. The molecule has 146 valence electrons. The molecule has 0 aliphatic carbocycles. The fourth-order valence-corrected chi connectivity index (χ4v) is 2.99. The van der Waals surface area contributed by atoms with E-state index in [1.165, 1.54) is 0 Å². The molecule has 0 saturated carbocycles. The first-order chi connectivity index (χ1) is 11.7. The van der Waals surface area contributed by atoms with Gasteiger partial charge in [-0.3, -0.25) is 4.79 Å². The molecule has 1 aliphatic rings. The Bertz CT molecular complexity index is 638. The number of amides is 1. The number of rotatable bonds is 5. The van der Waals surface area contributed by atoms with E-state index in [-0.39, 0.29) is 40.8 Å². The van der Waals surface area contributed by atoms with E-state index in [0.29, 0.717) is 18.7 Å². The van der Waals surface area contributed by atoms with E-state index < -0.39 is 0 Å². The maximum atomic E-state index is 11.8. The third kappa shape index (κ3) is 4.69. The van der Waals surface area contributed by atoms with Crippen LogP contribution < -0.4 is 10.6 Å². The Balaban J connectivity index is 0.00000338. The summed E-state index contributed by atoms with van der Waals surface area (Å²) in [5.41, 5.74) is 2.14. The molecule has 1 aromatic rings. The lowest BCUT2D eigenvalue weighted by Gasteiger charge is -2.62. The van der Waals surface area contributed by atoms with Gasteiger partial charge in [-0.05, 0) is 45.4 Å². The molecule has 26 heavy (non-hydrogen) atoms. The van der Waals surface area contributed by atoms with Crippen molar-refractivity contribution in [2.45, 2.75) is 53.6 Å². The Morgan fingerprint density at radius 1 is 1.08 bits per heavy atom. The van der Waals surface area contributed by atoms with E-state index in [9.17, 15) is 4.79 Å². The van der Waals surface area contributed by atoms with Crippen molar-refractivity contribution in [3.8, 4) is 0 Å². The van der Waals surface area contributed by atoms with Crippen molar-refractivity contribution in [3.63, 3.8) is 0 Å². The number of nitrogens with zero attached hydrogens (tertiary/aromatic N) is 2. The Labute approximate surface area is 175 Å². The van der Waals surface area contributed by atoms with Gasteiger partial charge in [0.15, 0.2) is 5.96 Å². The average molecular weight is 472 g/mol. The van der Waals surface area contributed by atoms with Crippen LogP contribution in [-0.2, 0) is 6.54 Å². The summed E-state index contributed by atoms with van der Waals surface area (Å²) < 4.78 is 0. The van der Waals surface area contributed by atoms with Gasteiger partial charge in [0.1, 0.15) is 0 Å². The largest absolute Gasteiger partial charge is 0.356 e. The molecule has 2 N–H and O–H groups in total. The van der Waals surface area contributed by atoms with Gasteiger partial charge in [0, 0.05) is 36.2 Å². The normalized spacial score (nSPS) is 17.8. The number of benzene rings is 1. The zero-order valence-corrected chi connectivity index (χ0v) is 19.2. The van der Waals surface area contributed by atoms with Crippen LogP contribution in [0, 0.1) is 5.41 Å². The number of carbonyl (C=O) groups excluding carboxylic acids is 1. The van der Waals surface area contributed by atoms with Gasteiger partial charge in [-0.15, -0.1) is 24.0 Å². The zero-order valence-electron chi connectivity index (χ0n) is 16.8. The maximum Gasteiger partial charge on any atom is 0.251 e. The summed E-state index contributed by atoms with van der Waals surface area (Å²) in [5, 5.41) is 6.22. The minimum Gasteiger partial charge on any atom is -0.356 e. The second kappa shape index (κ2) is 9.06. The second-order valence-corrected chi connectivity index (χ2v) is 7.76. The Hall–Kier alpha value is -1.31. The Morgan fingerprint density at radius 2 is 1.65 bits per heavy atom. The molecule has 0 radical (unpaired) electrons. The quantitative estimate of drug-likeness (QED) is 0.391. The second-order valence-electron chi connectivity index (χ2n) is 7.76. The van der Waals surface area contributed by atoms with Crippen molar-refractivity contribution in [2.75, 3.05) is 19.6 Å². The number of guanidine groups is 1.